The molecule has 0 aliphatic rings. The maximum Gasteiger partial charge on any atom is 0.306 e. The summed E-state index contributed by atoms with van der Waals surface area (Å²) in [5, 5.41) is 23.9. The Hall–Kier alpha value is -2.70. The number of rotatable bonds is 54. The molecule has 3 atom stereocenters. The minimum Gasteiger partial charge on any atom is -0.462 e. The summed E-state index contributed by atoms with van der Waals surface area (Å²) in [5.74, 6) is -0.516. The number of nitrogens with one attached hydrogen (secondary N) is 1. The van der Waals surface area contributed by atoms with Gasteiger partial charge in [0.1, 0.15) is 6.10 Å². The fraction of sp³-hybridized carbons (Fsp3) is 0.781. The monoisotopic (exact) mass is 978 g/mol. The number of unbranched alkanes of at least 4 members (excludes halogenated alkanes) is 32. The lowest BCUT2D eigenvalue weighted by Crippen LogP contribution is -2.46. The molecule has 0 spiro atoms. The molecule has 0 aromatic heterocycles. The predicted octanol–water partition coefficient (Wildman–Crippen LogP) is 18.9. The van der Waals surface area contributed by atoms with Gasteiger partial charge < -0.3 is 20.3 Å². The third-order valence-electron chi connectivity index (χ3n) is 13.6. The first-order chi connectivity index (χ1) is 34.5. The largest absolute Gasteiger partial charge is 0.462 e. The summed E-state index contributed by atoms with van der Waals surface area (Å²) in [5.41, 5.74) is 0. The Morgan fingerprint density at radius 2 is 0.786 bits per heavy atom. The topological polar surface area (TPSA) is 95.9 Å². The lowest BCUT2D eigenvalue weighted by atomic mass is 10.0. The SMILES string of the molecule is CCCCC/C=C\C/C=C\C/C=C\CCCCCCCCC(=O)OC(CCCCC/C=C/C=C/C=C/CCCCCCC)CC(=O)NC(CO)C(O)CCCCCCCCCCCCCCCCCC. The highest BCUT2D eigenvalue weighted by Crippen LogP contribution is 2.18. The number of hydrogen-bond donors (Lipinski definition) is 3. The van der Waals surface area contributed by atoms with Gasteiger partial charge in [0.25, 0.3) is 0 Å². The standard InChI is InChI=1S/C64H115NO5/c1-4-7-10-13-16-19-22-25-28-31-32-33-36-39-42-45-48-51-54-57-64(69)70-60(55-52-49-46-43-40-37-34-29-26-23-20-17-14-11-8-5-2)58-63(68)65-61(59-66)62(67)56-53-50-47-44-41-38-35-30-27-24-21-18-15-12-9-6-3/h16,19,23,25-26,28-29,32-34,37,40,60-62,66-67H,4-15,17-18,20-22,24,27,30-31,35-36,38-39,41-59H2,1-3H3,(H,65,68)/b19-16-,26-23+,28-25-,33-32-,34-29+,40-37+. The number of ether oxygens (including phenoxy) is 1. The first-order valence-electron chi connectivity index (χ1n) is 30.2. The van der Waals surface area contributed by atoms with E-state index in [1.54, 1.807) is 0 Å². The van der Waals surface area contributed by atoms with Crippen molar-refractivity contribution in [2.75, 3.05) is 6.61 Å². The average molecular weight is 979 g/mol. The minimum absolute atomic E-state index is 0.0479. The molecule has 6 heteroatoms. The first-order valence-corrected chi connectivity index (χ1v) is 30.2. The Bertz CT molecular complexity index is 1280. The van der Waals surface area contributed by atoms with Gasteiger partial charge >= 0.3 is 5.97 Å². The van der Waals surface area contributed by atoms with E-state index in [2.05, 4.69) is 99.0 Å². The molecule has 0 heterocycles. The fourth-order valence-corrected chi connectivity index (χ4v) is 8.97. The van der Waals surface area contributed by atoms with Gasteiger partial charge in [0.2, 0.25) is 5.91 Å². The number of carbonyl (C=O) groups is 2. The van der Waals surface area contributed by atoms with Gasteiger partial charge in [0, 0.05) is 6.42 Å². The predicted molar refractivity (Wildman–Crippen MR) is 305 cm³/mol. The van der Waals surface area contributed by atoms with E-state index < -0.39 is 18.2 Å². The summed E-state index contributed by atoms with van der Waals surface area (Å²) in [4.78, 5) is 26.3. The molecule has 0 aliphatic carbocycles. The number of esters is 1. The molecule has 0 saturated carbocycles. The molecule has 0 rings (SSSR count). The van der Waals surface area contributed by atoms with Crippen LogP contribution in [0.3, 0.4) is 0 Å². The molecule has 6 nitrogen and oxygen atoms in total. The normalized spacial score (nSPS) is 13.6. The van der Waals surface area contributed by atoms with Crippen molar-refractivity contribution in [1.82, 2.24) is 5.32 Å². The van der Waals surface area contributed by atoms with Crippen LogP contribution < -0.4 is 5.32 Å². The number of aliphatic hydroxyl groups excluding tert-OH is 2. The van der Waals surface area contributed by atoms with Crippen molar-refractivity contribution in [2.24, 2.45) is 0 Å². The maximum atomic E-state index is 13.3. The highest BCUT2D eigenvalue weighted by atomic mass is 16.5. The molecule has 3 N–H and O–H groups in total. The Labute approximate surface area is 434 Å². The minimum atomic E-state index is -0.804. The second-order valence-electron chi connectivity index (χ2n) is 20.5. The number of hydrogen-bond acceptors (Lipinski definition) is 5. The van der Waals surface area contributed by atoms with Crippen LogP contribution >= 0.6 is 0 Å². The summed E-state index contributed by atoms with van der Waals surface area (Å²) in [6.45, 7) is 6.46. The van der Waals surface area contributed by atoms with Crippen LogP contribution in [0, 0.1) is 0 Å². The molecule has 0 saturated heterocycles. The number of aliphatic hydroxyl groups is 2. The van der Waals surface area contributed by atoms with Gasteiger partial charge in [-0.3, -0.25) is 9.59 Å². The third kappa shape index (κ3) is 51.6. The zero-order valence-corrected chi connectivity index (χ0v) is 46.4. The van der Waals surface area contributed by atoms with Gasteiger partial charge in [0.05, 0.1) is 25.2 Å². The van der Waals surface area contributed by atoms with Crippen LogP contribution in [-0.4, -0.2) is 46.9 Å². The smallest absolute Gasteiger partial charge is 0.306 e. The van der Waals surface area contributed by atoms with E-state index in [1.165, 1.54) is 161 Å². The van der Waals surface area contributed by atoms with Gasteiger partial charge in [-0.05, 0) is 89.9 Å². The van der Waals surface area contributed by atoms with E-state index in [0.717, 1.165) is 89.9 Å². The highest BCUT2D eigenvalue weighted by Gasteiger charge is 2.24. The van der Waals surface area contributed by atoms with Crippen LogP contribution in [0.5, 0.6) is 0 Å². The molecule has 70 heavy (non-hydrogen) atoms. The second kappa shape index (κ2) is 57.2. The van der Waals surface area contributed by atoms with Crippen molar-refractivity contribution in [2.45, 2.75) is 315 Å². The van der Waals surface area contributed by atoms with Gasteiger partial charge in [0.15, 0.2) is 0 Å². The van der Waals surface area contributed by atoms with Crippen molar-refractivity contribution in [3.8, 4) is 0 Å². The molecular weight excluding hydrogens is 863 g/mol. The molecule has 0 aromatic rings. The second-order valence-corrected chi connectivity index (χ2v) is 20.5. The lowest BCUT2D eigenvalue weighted by molar-refractivity contribution is -0.151. The zero-order valence-electron chi connectivity index (χ0n) is 46.4. The van der Waals surface area contributed by atoms with Gasteiger partial charge in [-0.2, -0.15) is 0 Å². The third-order valence-corrected chi connectivity index (χ3v) is 13.6. The van der Waals surface area contributed by atoms with E-state index in [4.69, 9.17) is 4.74 Å². The molecule has 0 fully saturated rings. The van der Waals surface area contributed by atoms with Crippen molar-refractivity contribution >= 4 is 11.9 Å². The quantitative estimate of drug-likeness (QED) is 0.0244. The maximum absolute atomic E-state index is 13.3. The molecule has 0 bridgehead atoms. The molecule has 3 unspecified atom stereocenters. The van der Waals surface area contributed by atoms with E-state index in [1.807, 2.05) is 0 Å². The number of amides is 1. The summed E-state index contributed by atoms with van der Waals surface area (Å²) >= 11 is 0. The van der Waals surface area contributed by atoms with Gasteiger partial charge in [-0.15, -0.1) is 0 Å². The fourth-order valence-electron chi connectivity index (χ4n) is 8.97. The van der Waals surface area contributed by atoms with Crippen LogP contribution in [0.25, 0.3) is 0 Å². The summed E-state index contributed by atoms with van der Waals surface area (Å²) in [7, 11) is 0. The van der Waals surface area contributed by atoms with E-state index in [0.29, 0.717) is 19.3 Å². The summed E-state index contributed by atoms with van der Waals surface area (Å²) in [6, 6.07) is -0.720. The van der Waals surface area contributed by atoms with E-state index in [-0.39, 0.29) is 24.9 Å². The Morgan fingerprint density at radius 3 is 1.26 bits per heavy atom. The number of allylic oxidation sites excluding steroid dienone is 12. The van der Waals surface area contributed by atoms with Crippen LogP contribution in [0.15, 0.2) is 72.9 Å². The lowest BCUT2D eigenvalue weighted by Gasteiger charge is -2.24. The Kier molecular flexibility index (Phi) is 55.0. The van der Waals surface area contributed by atoms with Crippen molar-refractivity contribution in [1.29, 1.82) is 0 Å². The van der Waals surface area contributed by atoms with Crippen LogP contribution in [0.2, 0.25) is 0 Å². The molecule has 0 aromatic carbocycles. The average Bonchev–Trinajstić information content (AvgIpc) is 3.35. The molecular formula is C64H115NO5. The van der Waals surface area contributed by atoms with Crippen LogP contribution in [0.4, 0.5) is 0 Å². The summed E-state index contributed by atoms with van der Waals surface area (Å²) < 4.78 is 5.95. The van der Waals surface area contributed by atoms with Crippen molar-refractivity contribution in [3.05, 3.63) is 72.9 Å². The van der Waals surface area contributed by atoms with E-state index >= 15 is 0 Å². The van der Waals surface area contributed by atoms with Gasteiger partial charge in [-0.25, -0.2) is 0 Å². The zero-order chi connectivity index (χ0) is 50.9. The van der Waals surface area contributed by atoms with Gasteiger partial charge in [-0.1, -0.05) is 267 Å². The highest BCUT2D eigenvalue weighted by molar-refractivity contribution is 5.77. The van der Waals surface area contributed by atoms with Crippen LogP contribution in [0.1, 0.15) is 297 Å². The Morgan fingerprint density at radius 1 is 0.429 bits per heavy atom. The van der Waals surface area contributed by atoms with Crippen molar-refractivity contribution in [3.63, 3.8) is 0 Å². The molecule has 406 valence electrons. The number of carbonyl (C=O) groups excluding carboxylic acids is 2. The van der Waals surface area contributed by atoms with Crippen LogP contribution in [-0.2, 0) is 14.3 Å². The molecule has 0 radical (unpaired) electrons. The Balaban J connectivity index is 4.63. The molecule has 1 amide bonds. The molecule has 0 aliphatic heterocycles. The summed E-state index contributed by atoms with van der Waals surface area (Å²) in [6.07, 6.45) is 73.9. The van der Waals surface area contributed by atoms with E-state index in [9.17, 15) is 19.8 Å². The van der Waals surface area contributed by atoms with Crippen molar-refractivity contribution < 1.29 is 24.5 Å². The first kappa shape index (κ1) is 67.3.